The van der Waals surface area contributed by atoms with Crippen LogP contribution in [0.25, 0.3) is 0 Å². The molecule has 1 atom stereocenters. The summed E-state index contributed by atoms with van der Waals surface area (Å²) in [6.45, 7) is 1.35. The molecule has 27 heavy (non-hydrogen) atoms. The Morgan fingerprint density at radius 3 is 2.33 bits per heavy atom. The second kappa shape index (κ2) is 11.9. The molecular formula is C17H20Cl3NO6. The number of hydrogen-bond donors (Lipinski definition) is 1. The Kier molecular flexibility index (Phi) is 10.3. The summed E-state index contributed by atoms with van der Waals surface area (Å²) < 4.78 is 13.0. The molecule has 0 heterocycles. The predicted octanol–water partition coefficient (Wildman–Crippen LogP) is 3.54. The third kappa shape index (κ3) is 10.9. The van der Waals surface area contributed by atoms with Gasteiger partial charge in [-0.05, 0) is 18.9 Å². The lowest BCUT2D eigenvalue weighted by Gasteiger charge is -2.17. The van der Waals surface area contributed by atoms with E-state index in [4.69, 9.17) is 49.0 Å². The number of nitrogens with one attached hydrogen (secondary N) is 1. The van der Waals surface area contributed by atoms with Crippen LogP contribution < -0.4 is 5.32 Å². The number of esters is 2. The number of alkyl carbamates (subject to hydrolysis) is 1. The summed E-state index contributed by atoms with van der Waals surface area (Å²) in [4.78, 5) is 35.6. The molecule has 1 rings (SSSR count). The fourth-order valence-corrected chi connectivity index (χ4v) is 2.06. The minimum absolute atomic E-state index is 0.0352. The normalized spacial score (nSPS) is 12.0. The van der Waals surface area contributed by atoms with Crippen molar-refractivity contribution in [2.45, 2.75) is 36.2 Å². The molecule has 1 N–H and O–H groups in total. The van der Waals surface area contributed by atoms with E-state index in [-0.39, 0.29) is 26.1 Å². The molecule has 0 bridgehead atoms. The average molecular weight is 441 g/mol. The number of benzene rings is 1. The van der Waals surface area contributed by atoms with Crippen LogP contribution in [0.5, 0.6) is 0 Å². The van der Waals surface area contributed by atoms with Crippen molar-refractivity contribution in [2.24, 2.45) is 0 Å². The summed E-state index contributed by atoms with van der Waals surface area (Å²) >= 11 is 16.5. The van der Waals surface area contributed by atoms with Crippen molar-refractivity contribution in [1.29, 1.82) is 0 Å². The van der Waals surface area contributed by atoms with Gasteiger partial charge in [-0.15, -0.1) is 0 Å². The topological polar surface area (TPSA) is 90.9 Å². The van der Waals surface area contributed by atoms with E-state index in [0.29, 0.717) is 0 Å². The SMILES string of the molecule is CCOC(=O)[C@H](CCC(=O)OCC(Cl)(Cl)Cl)NC(=O)OCc1ccccc1. The molecule has 1 aromatic rings. The predicted molar refractivity (Wildman–Crippen MR) is 101 cm³/mol. The summed E-state index contributed by atoms with van der Waals surface area (Å²) in [5.74, 6) is -1.38. The highest BCUT2D eigenvalue weighted by Gasteiger charge is 2.26. The minimum atomic E-state index is -1.73. The van der Waals surface area contributed by atoms with Gasteiger partial charge >= 0.3 is 18.0 Å². The van der Waals surface area contributed by atoms with Gasteiger partial charge in [-0.2, -0.15) is 0 Å². The zero-order chi connectivity index (χ0) is 20.3. The van der Waals surface area contributed by atoms with Gasteiger partial charge in [0.25, 0.3) is 0 Å². The number of carbonyl (C=O) groups excluding carboxylic acids is 3. The van der Waals surface area contributed by atoms with E-state index in [2.05, 4.69) is 5.32 Å². The van der Waals surface area contributed by atoms with Gasteiger partial charge in [-0.3, -0.25) is 4.79 Å². The number of hydrogen-bond acceptors (Lipinski definition) is 6. The van der Waals surface area contributed by atoms with Gasteiger partial charge in [0, 0.05) is 6.42 Å². The lowest BCUT2D eigenvalue weighted by molar-refractivity contribution is -0.147. The first-order chi connectivity index (χ1) is 12.7. The van der Waals surface area contributed by atoms with Gasteiger partial charge in [-0.25, -0.2) is 9.59 Å². The van der Waals surface area contributed by atoms with E-state index >= 15 is 0 Å². The van der Waals surface area contributed by atoms with Crippen LogP contribution in [0.15, 0.2) is 30.3 Å². The lowest BCUT2D eigenvalue weighted by Crippen LogP contribution is -2.42. The Morgan fingerprint density at radius 1 is 1.07 bits per heavy atom. The smallest absolute Gasteiger partial charge is 0.408 e. The van der Waals surface area contributed by atoms with Crippen LogP contribution in [0, 0.1) is 0 Å². The van der Waals surface area contributed by atoms with E-state index in [1.54, 1.807) is 31.2 Å². The first-order valence-corrected chi connectivity index (χ1v) is 9.21. The molecule has 150 valence electrons. The van der Waals surface area contributed by atoms with E-state index in [1.165, 1.54) is 0 Å². The number of alkyl halides is 3. The van der Waals surface area contributed by atoms with Gasteiger partial charge in [0.05, 0.1) is 6.61 Å². The number of ether oxygens (including phenoxy) is 3. The average Bonchev–Trinajstić information content (AvgIpc) is 2.62. The highest BCUT2D eigenvalue weighted by atomic mass is 35.6. The highest BCUT2D eigenvalue weighted by Crippen LogP contribution is 2.26. The molecule has 0 fully saturated rings. The molecule has 0 aliphatic heterocycles. The second-order valence-electron chi connectivity index (χ2n) is 5.33. The Labute approximate surface area is 172 Å². The molecule has 0 unspecified atom stereocenters. The standard InChI is InChI=1S/C17H20Cl3NO6/c1-2-25-15(23)13(8-9-14(22)27-11-17(18,19)20)21-16(24)26-10-12-6-4-3-5-7-12/h3-7,13H,2,8-11H2,1H3,(H,21,24)/t13-/m0/s1. The van der Waals surface area contributed by atoms with E-state index in [9.17, 15) is 14.4 Å². The summed E-state index contributed by atoms with van der Waals surface area (Å²) in [7, 11) is 0. The Balaban J connectivity index is 2.51. The quantitative estimate of drug-likeness (QED) is 0.359. The minimum Gasteiger partial charge on any atom is -0.464 e. The van der Waals surface area contributed by atoms with Crippen molar-refractivity contribution in [3.05, 3.63) is 35.9 Å². The number of amides is 1. The number of carbonyl (C=O) groups is 3. The van der Waals surface area contributed by atoms with Gasteiger partial charge in [-0.1, -0.05) is 65.1 Å². The van der Waals surface area contributed by atoms with Crippen molar-refractivity contribution in [3.63, 3.8) is 0 Å². The molecule has 0 aliphatic rings. The Bertz CT molecular complexity index is 621. The van der Waals surface area contributed by atoms with Crippen molar-refractivity contribution in [2.75, 3.05) is 13.2 Å². The molecule has 0 radical (unpaired) electrons. The van der Waals surface area contributed by atoms with Crippen molar-refractivity contribution < 1.29 is 28.6 Å². The summed E-state index contributed by atoms with van der Waals surface area (Å²) in [6, 6.07) is 7.95. The zero-order valence-corrected chi connectivity index (χ0v) is 16.9. The molecule has 7 nitrogen and oxygen atoms in total. The summed E-state index contributed by atoms with van der Waals surface area (Å²) in [5.41, 5.74) is 0.788. The van der Waals surface area contributed by atoms with Crippen LogP contribution >= 0.6 is 34.8 Å². The molecule has 0 aromatic heterocycles. The highest BCUT2D eigenvalue weighted by molar-refractivity contribution is 6.67. The molecular weight excluding hydrogens is 421 g/mol. The molecule has 0 saturated carbocycles. The number of halogens is 3. The first-order valence-electron chi connectivity index (χ1n) is 8.07. The van der Waals surface area contributed by atoms with Crippen LogP contribution in [-0.4, -0.2) is 41.1 Å². The summed E-state index contributed by atoms with van der Waals surface area (Å²) in [5, 5.41) is 2.38. The second-order valence-corrected chi connectivity index (χ2v) is 7.84. The van der Waals surface area contributed by atoms with Gasteiger partial charge in [0.2, 0.25) is 3.79 Å². The van der Waals surface area contributed by atoms with Crippen LogP contribution in [0.1, 0.15) is 25.3 Å². The maximum Gasteiger partial charge on any atom is 0.408 e. The van der Waals surface area contributed by atoms with Gasteiger partial charge in [0.15, 0.2) is 0 Å². The van der Waals surface area contributed by atoms with E-state index < -0.39 is 34.5 Å². The molecule has 1 amide bonds. The maximum atomic E-state index is 12.0. The van der Waals surface area contributed by atoms with Crippen molar-refractivity contribution >= 4 is 52.8 Å². The molecule has 0 spiro atoms. The monoisotopic (exact) mass is 439 g/mol. The van der Waals surface area contributed by atoms with E-state index in [0.717, 1.165) is 5.56 Å². The molecule has 0 aliphatic carbocycles. The van der Waals surface area contributed by atoms with Gasteiger partial charge < -0.3 is 19.5 Å². The maximum absolute atomic E-state index is 12.0. The fourth-order valence-electron chi connectivity index (χ4n) is 1.90. The third-order valence-corrected chi connectivity index (χ3v) is 3.44. The van der Waals surface area contributed by atoms with Crippen molar-refractivity contribution in [1.82, 2.24) is 5.32 Å². The number of rotatable bonds is 9. The van der Waals surface area contributed by atoms with Crippen LogP contribution in [0.2, 0.25) is 0 Å². The summed E-state index contributed by atoms with van der Waals surface area (Å²) in [6.07, 6.45) is -1.06. The van der Waals surface area contributed by atoms with Crippen LogP contribution in [0.3, 0.4) is 0 Å². The third-order valence-electron chi connectivity index (χ3n) is 3.11. The molecule has 1 aromatic carbocycles. The fraction of sp³-hybridized carbons (Fsp3) is 0.471. The lowest BCUT2D eigenvalue weighted by atomic mass is 10.1. The Hall–Kier alpha value is -1.70. The van der Waals surface area contributed by atoms with Gasteiger partial charge in [0.1, 0.15) is 19.3 Å². The molecule has 0 saturated heterocycles. The van der Waals surface area contributed by atoms with Crippen LogP contribution in [0.4, 0.5) is 4.79 Å². The van der Waals surface area contributed by atoms with Crippen molar-refractivity contribution in [3.8, 4) is 0 Å². The Morgan fingerprint density at radius 2 is 1.74 bits per heavy atom. The zero-order valence-electron chi connectivity index (χ0n) is 14.6. The largest absolute Gasteiger partial charge is 0.464 e. The van der Waals surface area contributed by atoms with Crippen LogP contribution in [-0.2, 0) is 30.4 Å². The van der Waals surface area contributed by atoms with E-state index in [1.807, 2.05) is 6.07 Å². The molecule has 10 heteroatoms. The first kappa shape index (κ1) is 23.3.